The molecule has 0 aromatic carbocycles. The van der Waals surface area contributed by atoms with Crippen LogP contribution >= 0.6 is 0 Å². The Hall–Kier alpha value is 0.752. The molecular weight excluding hydrogens is 444 g/mol. The molecule has 98 valence electrons. The van der Waals surface area contributed by atoms with Crippen molar-refractivity contribution in [3.8, 4) is 0 Å². The molecule has 0 aliphatic carbocycles. The van der Waals surface area contributed by atoms with E-state index < -0.39 is 5.92 Å². The molecule has 1 aliphatic heterocycles. The largest absolute Gasteiger partial charge is 0.461 e. The summed E-state index contributed by atoms with van der Waals surface area (Å²) >= 11 is 0. The van der Waals surface area contributed by atoms with E-state index in [1.54, 1.807) is 11.9 Å². The molecule has 0 saturated carbocycles. The second kappa shape index (κ2) is 12.2. The number of hydrogen-bond acceptors (Lipinski definition) is 4. The standard InChI is InChI=1S/C7H13F2N2.C2H6.H2O2.U/c1-11(2)4-6-3-7(8,9)5-10-6;2*1-2;/h6,10H,1,3-5H2,2H3;1-2H3;1-2H;/q-1;;;. The van der Waals surface area contributed by atoms with Gasteiger partial charge >= 0.3 is 0 Å². The second-order valence-corrected chi connectivity index (χ2v) is 3.18. The van der Waals surface area contributed by atoms with Crippen LogP contribution in [-0.4, -0.2) is 47.5 Å². The van der Waals surface area contributed by atoms with E-state index >= 15 is 0 Å². The summed E-state index contributed by atoms with van der Waals surface area (Å²) in [6.07, 6.45) is -0.0626. The molecule has 0 spiro atoms. The maximum Gasteiger partial charge on any atom is 0.261 e. The Labute approximate surface area is 120 Å². The van der Waals surface area contributed by atoms with Crippen molar-refractivity contribution in [2.24, 2.45) is 0 Å². The van der Waals surface area contributed by atoms with E-state index in [2.05, 4.69) is 12.4 Å². The summed E-state index contributed by atoms with van der Waals surface area (Å²) in [5.41, 5.74) is 0. The maximum atomic E-state index is 12.5. The van der Waals surface area contributed by atoms with Crippen molar-refractivity contribution in [1.82, 2.24) is 10.2 Å². The summed E-state index contributed by atoms with van der Waals surface area (Å²) in [4.78, 5) is 1.67. The predicted molar refractivity (Wildman–Crippen MR) is 55.9 cm³/mol. The van der Waals surface area contributed by atoms with Gasteiger partial charge in [0.1, 0.15) is 0 Å². The van der Waals surface area contributed by atoms with Crippen molar-refractivity contribution in [3.05, 3.63) is 7.05 Å². The normalized spacial score (nSPS) is 21.2. The first-order valence-electron chi connectivity index (χ1n) is 4.82. The van der Waals surface area contributed by atoms with Crippen molar-refractivity contribution in [3.63, 3.8) is 0 Å². The molecule has 0 bridgehead atoms. The van der Waals surface area contributed by atoms with E-state index in [0.717, 1.165) is 0 Å². The molecule has 1 saturated heterocycles. The Morgan fingerprint density at radius 1 is 1.44 bits per heavy atom. The van der Waals surface area contributed by atoms with Gasteiger partial charge in [-0.15, -0.1) is 0 Å². The number of likely N-dealkylation sites (N-methyl/N-ethyl adjacent to an activating group) is 1. The van der Waals surface area contributed by atoms with Gasteiger partial charge in [0.25, 0.3) is 5.92 Å². The molecule has 0 amide bonds. The first-order valence-corrected chi connectivity index (χ1v) is 4.82. The molecule has 1 unspecified atom stereocenters. The molecule has 0 aromatic rings. The average Bonchev–Trinajstić information content (AvgIpc) is 2.51. The SMILES string of the molecule is CC.OO.[CH2-]N(C)CC1CC(F)(F)CN1.[U]. The quantitative estimate of drug-likeness (QED) is 0.331. The van der Waals surface area contributed by atoms with E-state index in [4.69, 9.17) is 10.5 Å². The Kier molecular flexibility index (Phi) is 16.8. The minimum atomic E-state index is -2.51. The van der Waals surface area contributed by atoms with Crippen molar-refractivity contribution in [2.75, 3.05) is 20.1 Å². The van der Waals surface area contributed by atoms with E-state index in [1.165, 1.54) is 0 Å². The zero-order valence-corrected chi connectivity index (χ0v) is 14.2. The van der Waals surface area contributed by atoms with Gasteiger partial charge < -0.3 is 10.2 Å². The Morgan fingerprint density at radius 3 is 2.12 bits per heavy atom. The van der Waals surface area contributed by atoms with Crippen molar-refractivity contribution >= 4 is 0 Å². The Morgan fingerprint density at radius 2 is 1.88 bits per heavy atom. The first kappa shape index (κ1) is 22.0. The first-order chi connectivity index (χ1) is 6.99. The molecule has 1 fully saturated rings. The van der Waals surface area contributed by atoms with Crippen LogP contribution in [0.4, 0.5) is 8.78 Å². The molecule has 0 radical (unpaired) electrons. The fourth-order valence-electron chi connectivity index (χ4n) is 1.30. The van der Waals surface area contributed by atoms with Crippen LogP contribution in [0.2, 0.25) is 0 Å². The van der Waals surface area contributed by atoms with Crippen LogP contribution in [0.1, 0.15) is 20.3 Å². The van der Waals surface area contributed by atoms with E-state index in [9.17, 15) is 8.78 Å². The van der Waals surface area contributed by atoms with Crippen LogP contribution in [0, 0.1) is 38.2 Å². The Bertz CT molecular complexity index is 151. The summed E-state index contributed by atoms with van der Waals surface area (Å²) in [5.74, 6) is -2.51. The third-order valence-corrected chi connectivity index (χ3v) is 1.73. The summed E-state index contributed by atoms with van der Waals surface area (Å²) in [6.45, 7) is 4.39. The summed E-state index contributed by atoms with van der Waals surface area (Å²) in [6, 6.07) is -0.104. The topological polar surface area (TPSA) is 55.7 Å². The Balaban J connectivity index is -0.000000305. The van der Waals surface area contributed by atoms with Gasteiger partial charge in [0.2, 0.25) is 0 Å². The fraction of sp³-hybridized carbons (Fsp3) is 0.889. The molecule has 0 aromatic heterocycles. The van der Waals surface area contributed by atoms with E-state index in [-0.39, 0.29) is 50.1 Å². The van der Waals surface area contributed by atoms with Gasteiger partial charge in [0.05, 0.1) is 6.54 Å². The van der Waals surface area contributed by atoms with Gasteiger partial charge in [-0.05, 0) is 13.6 Å². The third-order valence-electron chi connectivity index (χ3n) is 1.73. The number of hydrogen-bond donors (Lipinski definition) is 3. The van der Waals surface area contributed by atoms with Gasteiger partial charge in [-0.3, -0.25) is 17.6 Å². The van der Waals surface area contributed by atoms with Crippen molar-refractivity contribution in [1.29, 1.82) is 0 Å². The van der Waals surface area contributed by atoms with Crippen molar-refractivity contribution < 1.29 is 50.4 Å². The van der Waals surface area contributed by atoms with Crippen LogP contribution in [0.5, 0.6) is 0 Å². The number of nitrogens with one attached hydrogen (secondary N) is 1. The molecule has 1 rings (SSSR count). The summed E-state index contributed by atoms with van der Waals surface area (Å²) in [5, 5.41) is 14.7. The monoisotopic (exact) mass is 465 g/mol. The molecule has 1 atom stereocenters. The van der Waals surface area contributed by atoms with E-state index in [1.807, 2.05) is 13.8 Å². The van der Waals surface area contributed by atoms with Gasteiger partial charge in [0, 0.05) is 43.6 Å². The smallest absolute Gasteiger partial charge is 0.261 e. The van der Waals surface area contributed by atoms with Crippen LogP contribution in [0.25, 0.3) is 0 Å². The molecule has 3 N–H and O–H groups in total. The van der Waals surface area contributed by atoms with E-state index in [0.29, 0.717) is 6.54 Å². The molecule has 1 heterocycles. The van der Waals surface area contributed by atoms with Gasteiger partial charge in [-0.1, -0.05) is 13.8 Å². The molecule has 4 nitrogen and oxygen atoms in total. The maximum absolute atomic E-state index is 12.5. The molecular formula is C9H21F2N2O2U-. The number of halogens is 2. The zero-order chi connectivity index (χ0) is 12.5. The predicted octanol–water partition coefficient (Wildman–Crippen LogP) is 1.75. The zero-order valence-electron chi connectivity index (χ0n) is 10.0. The van der Waals surface area contributed by atoms with Gasteiger partial charge in [-0.25, -0.2) is 8.78 Å². The number of rotatable bonds is 2. The fourth-order valence-corrected chi connectivity index (χ4v) is 1.30. The van der Waals surface area contributed by atoms with Crippen molar-refractivity contribution in [2.45, 2.75) is 32.2 Å². The number of nitrogens with zero attached hydrogens (tertiary/aromatic N) is 1. The minimum absolute atomic E-state index is 0. The second-order valence-electron chi connectivity index (χ2n) is 3.18. The van der Waals surface area contributed by atoms with Gasteiger partial charge in [0.15, 0.2) is 0 Å². The minimum Gasteiger partial charge on any atom is -0.461 e. The summed E-state index contributed by atoms with van der Waals surface area (Å²) < 4.78 is 25.1. The molecule has 7 heteroatoms. The molecule has 1 aliphatic rings. The van der Waals surface area contributed by atoms with Crippen LogP contribution in [-0.2, 0) is 0 Å². The number of alkyl halides is 2. The van der Waals surface area contributed by atoms with Crippen LogP contribution < -0.4 is 5.32 Å². The van der Waals surface area contributed by atoms with Crippen LogP contribution in [0.15, 0.2) is 0 Å². The summed E-state index contributed by atoms with van der Waals surface area (Å²) in [7, 11) is 5.37. The third kappa shape index (κ3) is 11.2. The van der Waals surface area contributed by atoms with Gasteiger partial charge in [-0.2, -0.15) is 0 Å². The average molecular weight is 465 g/mol. The van der Waals surface area contributed by atoms with Crippen LogP contribution in [0.3, 0.4) is 0 Å². The molecule has 16 heavy (non-hydrogen) atoms.